The smallest absolute Gasteiger partial charge is 0.227 e. The van der Waals surface area contributed by atoms with E-state index in [1.165, 1.54) is 12.1 Å². The summed E-state index contributed by atoms with van der Waals surface area (Å²) in [5, 5.41) is 6.70. The van der Waals surface area contributed by atoms with Gasteiger partial charge in [0, 0.05) is 31.6 Å². The predicted octanol–water partition coefficient (Wildman–Crippen LogP) is 3.53. The first kappa shape index (κ1) is 19.7. The minimum Gasteiger partial charge on any atom is -0.377 e. The maximum atomic E-state index is 12.9. The van der Waals surface area contributed by atoms with Gasteiger partial charge in [0.15, 0.2) is 0 Å². The molecular weight excluding hydrogens is 361 g/mol. The van der Waals surface area contributed by atoms with Crippen LogP contribution < -0.4 is 5.32 Å². The van der Waals surface area contributed by atoms with Crippen molar-refractivity contribution in [2.75, 3.05) is 13.2 Å². The van der Waals surface area contributed by atoms with Crippen LogP contribution in [-0.4, -0.2) is 29.2 Å². The van der Waals surface area contributed by atoms with Crippen molar-refractivity contribution in [3.05, 3.63) is 71.9 Å². The molecule has 0 radical (unpaired) electrons. The number of aromatic nitrogens is 2. The van der Waals surface area contributed by atoms with Gasteiger partial charge in [0.1, 0.15) is 5.82 Å². The fourth-order valence-corrected chi connectivity index (χ4v) is 2.55. The first-order valence-corrected chi connectivity index (χ1v) is 9.17. The molecular formula is C21H22FN3O3. The lowest BCUT2D eigenvalue weighted by Gasteiger charge is -2.06. The predicted molar refractivity (Wildman–Crippen MR) is 102 cm³/mol. The average Bonchev–Trinajstić information content (AvgIpc) is 3.19. The third-order valence-corrected chi connectivity index (χ3v) is 4.04. The summed E-state index contributed by atoms with van der Waals surface area (Å²) in [6.45, 7) is 1.71. The zero-order valence-corrected chi connectivity index (χ0v) is 15.4. The Balaban J connectivity index is 1.30. The van der Waals surface area contributed by atoms with Crippen molar-refractivity contribution >= 4 is 5.91 Å². The number of nitrogens with one attached hydrogen (secondary N) is 1. The highest BCUT2D eigenvalue weighted by atomic mass is 19.1. The molecule has 3 rings (SSSR count). The second kappa shape index (κ2) is 10.3. The second-order valence-corrected chi connectivity index (χ2v) is 6.26. The van der Waals surface area contributed by atoms with E-state index in [2.05, 4.69) is 15.5 Å². The molecule has 1 N–H and O–H groups in total. The number of hydrogen-bond acceptors (Lipinski definition) is 5. The van der Waals surface area contributed by atoms with Gasteiger partial charge in [0.25, 0.3) is 0 Å². The molecule has 0 aliphatic rings. The molecule has 1 heterocycles. The summed E-state index contributed by atoms with van der Waals surface area (Å²) in [4.78, 5) is 16.1. The van der Waals surface area contributed by atoms with Crippen LogP contribution in [0, 0.1) is 5.82 Å². The lowest BCUT2D eigenvalue weighted by atomic mass is 10.2. The normalized spacial score (nSPS) is 10.8. The van der Waals surface area contributed by atoms with E-state index >= 15 is 0 Å². The van der Waals surface area contributed by atoms with Gasteiger partial charge in [-0.05, 0) is 36.2 Å². The summed E-state index contributed by atoms with van der Waals surface area (Å²) in [5.74, 6) is 0.353. The van der Waals surface area contributed by atoms with E-state index in [9.17, 15) is 9.18 Å². The molecule has 28 heavy (non-hydrogen) atoms. The van der Waals surface area contributed by atoms with Crippen molar-refractivity contribution in [3.8, 4) is 11.4 Å². The molecule has 0 saturated heterocycles. The first-order valence-electron chi connectivity index (χ1n) is 9.17. The quantitative estimate of drug-likeness (QED) is 0.542. The Morgan fingerprint density at radius 1 is 1.11 bits per heavy atom. The summed E-state index contributed by atoms with van der Waals surface area (Å²) < 4.78 is 23.7. The minimum absolute atomic E-state index is 0.0791. The second-order valence-electron chi connectivity index (χ2n) is 6.26. The van der Waals surface area contributed by atoms with Crippen molar-refractivity contribution in [3.63, 3.8) is 0 Å². The Labute approximate surface area is 162 Å². The fourth-order valence-electron chi connectivity index (χ4n) is 2.55. The number of aryl methyl sites for hydroxylation is 1. The number of ether oxygens (including phenoxy) is 1. The molecule has 3 aromatic rings. The van der Waals surface area contributed by atoms with Crippen LogP contribution in [0.1, 0.15) is 24.3 Å². The number of rotatable bonds is 10. The number of nitrogens with zero attached hydrogens (tertiary/aromatic N) is 2. The standard InChI is InChI=1S/C21H22FN3O3/c22-18-9-7-17(8-10-18)21-24-20(28-25-21)12-11-19(26)23-13-4-14-27-15-16-5-2-1-3-6-16/h1-3,5-10H,4,11-15H2,(H,23,26). The van der Waals surface area contributed by atoms with Crippen molar-refractivity contribution in [2.24, 2.45) is 0 Å². The van der Waals surface area contributed by atoms with E-state index in [0.717, 1.165) is 12.0 Å². The van der Waals surface area contributed by atoms with Crippen molar-refractivity contribution in [1.82, 2.24) is 15.5 Å². The number of carbonyl (C=O) groups excluding carboxylic acids is 1. The Kier molecular flexibility index (Phi) is 7.26. The third kappa shape index (κ3) is 6.28. The van der Waals surface area contributed by atoms with Gasteiger partial charge < -0.3 is 14.6 Å². The number of benzene rings is 2. The third-order valence-electron chi connectivity index (χ3n) is 4.04. The molecule has 7 heteroatoms. The molecule has 1 aromatic heterocycles. The van der Waals surface area contributed by atoms with Gasteiger partial charge >= 0.3 is 0 Å². The zero-order valence-electron chi connectivity index (χ0n) is 15.4. The maximum Gasteiger partial charge on any atom is 0.227 e. The Hall–Kier alpha value is -3.06. The summed E-state index contributed by atoms with van der Waals surface area (Å²) in [6, 6.07) is 15.8. The molecule has 6 nitrogen and oxygen atoms in total. The molecule has 0 aliphatic heterocycles. The van der Waals surface area contributed by atoms with Gasteiger partial charge in [0.05, 0.1) is 6.61 Å². The van der Waals surface area contributed by atoms with Crippen LogP contribution in [0.5, 0.6) is 0 Å². The summed E-state index contributed by atoms with van der Waals surface area (Å²) >= 11 is 0. The van der Waals surface area contributed by atoms with E-state index in [1.807, 2.05) is 30.3 Å². The summed E-state index contributed by atoms with van der Waals surface area (Å²) in [6.07, 6.45) is 1.36. The summed E-state index contributed by atoms with van der Waals surface area (Å²) in [5.41, 5.74) is 1.79. The van der Waals surface area contributed by atoms with Crippen molar-refractivity contribution in [1.29, 1.82) is 0 Å². The van der Waals surface area contributed by atoms with Crippen LogP contribution in [0.2, 0.25) is 0 Å². The van der Waals surface area contributed by atoms with Crippen molar-refractivity contribution in [2.45, 2.75) is 25.9 Å². The molecule has 0 saturated carbocycles. The molecule has 2 aromatic carbocycles. The highest BCUT2D eigenvalue weighted by Crippen LogP contribution is 2.16. The van der Waals surface area contributed by atoms with Gasteiger partial charge in [0.2, 0.25) is 17.6 Å². The monoisotopic (exact) mass is 383 g/mol. The van der Waals surface area contributed by atoms with Gasteiger partial charge in [-0.25, -0.2) is 4.39 Å². The Bertz CT molecular complexity index is 866. The maximum absolute atomic E-state index is 12.9. The molecule has 0 unspecified atom stereocenters. The average molecular weight is 383 g/mol. The topological polar surface area (TPSA) is 77.2 Å². The highest BCUT2D eigenvalue weighted by Gasteiger charge is 2.10. The van der Waals surface area contributed by atoms with E-state index < -0.39 is 0 Å². The van der Waals surface area contributed by atoms with Crippen LogP contribution in [0.4, 0.5) is 4.39 Å². The van der Waals surface area contributed by atoms with Gasteiger partial charge in [-0.3, -0.25) is 4.79 Å². The molecule has 0 atom stereocenters. The van der Waals surface area contributed by atoms with Crippen molar-refractivity contribution < 1.29 is 18.4 Å². The Morgan fingerprint density at radius 3 is 2.68 bits per heavy atom. The molecule has 146 valence electrons. The lowest BCUT2D eigenvalue weighted by molar-refractivity contribution is -0.121. The van der Waals surface area contributed by atoms with Crippen LogP contribution in [0.15, 0.2) is 59.1 Å². The Morgan fingerprint density at radius 2 is 1.89 bits per heavy atom. The molecule has 0 bridgehead atoms. The van der Waals surface area contributed by atoms with Crippen LogP contribution in [0.25, 0.3) is 11.4 Å². The van der Waals surface area contributed by atoms with E-state index in [-0.39, 0.29) is 18.1 Å². The van der Waals surface area contributed by atoms with E-state index in [0.29, 0.717) is 43.5 Å². The summed E-state index contributed by atoms with van der Waals surface area (Å²) in [7, 11) is 0. The van der Waals surface area contributed by atoms with Gasteiger partial charge in [-0.2, -0.15) is 4.98 Å². The van der Waals surface area contributed by atoms with Crippen LogP contribution in [-0.2, 0) is 22.6 Å². The molecule has 1 amide bonds. The number of carbonyl (C=O) groups is 1. The van der Waals surface area contributed by atoms with E-state index in [4.69, 9.17) is 9.26 Å². The highest BCUT2D eigenvalue weighted by molar-refractivity contribution is 5.75. The fraction of sp³-hybridized carbons (Fsp3) is 0.286. The number of hydrogen-bond donors (Lipinski definition) is 1. The van der Waals surface area contributed by atoms with E-state index in [1.54, 1.807) is 12.1 Å². The van der Waals surface area contributed by atoms with Crippen LogP contribution >= 0.6 is 0 Å². The SMILES string of the molecule is O=C(CCc1nc(-c2ccc(F)cc2)no1)NCCCOCc1ccccc1. The largest absolute Gasteiger partial charge is 0.377 e. The minimum atomic E-state index is -0.324. The van der Waals surface area contributed by atoms with Crippen LogP contribution in [0.3, 0.4) is 0 Å². The lowest BCUT2D eigenvalue weighted by Crippen LogP contribution is -2.25. The van der Waals surface area contributed by atoms with Gasteiger partial charge in [-0.15, -0.1) is 0 Å². The molecule has 0 aliphatic carbocycles. The van der Waals surface area contributed by atoms with Gasteiger partial charge in [-0.1, -0.05) is 35.5 Å². The number of halogens is 1. The molecule has 0 spiro atoms. The zero-order chi connectivity index (χ0) is 19.6. The first-order chi connectivity index (χ1) is 13.7. The number of amides is 1. The molecule has 0 fully saturated rings.